The zero-order chi connectivity index (χ0) is 7.28. The number of aliphatic carboxylic acids is 1. The van der Waals surface area contributed by atoms with Crippen molar-refractivity contribution in [1.29, 1.82) is 0 Å². The van der Waals surface area contributed by atoms with Crippen molar-refractivity contribution in [1.82, 2.24) is 0 Å². The van der Waals surface area contributed by atoms with Gasteiger partial charge in [0.15, 0.2) is 0 Å². The molecule has 1 atom stereocenters. The summed E-state index contributed by atoms with van der Waals surface area (Å²) in [5.41, 5.74) is 5.19. The molecule has 0 aliphatic carbocycles. The summed E-state index contributed by atoms with van der Waals surface area (Å²) in [6.45, 7) is 0. The van der Waals surface area contributed by atoms with Gasteiger partial charge in [-0.05, 0) is 18.4 Å². The van der Waals surface area contributed by atoms with Crippen LogP contribution in [0.4, 0.5) is 0 Å². The molecule has 0 rings (SSSR count). The SMILES string of the molecule is CSCCC(N)C(=O)O.[Ag]. The summed E-state index contributed by atoms with van der Waals surface area (Å²) in [4.78, 5) is 10.1. The van der Waals surface area contributed by atoms with Crippen molar-refractivity contribution in [3.63, 3.8) is 0 Å². The van der Waals surface area contributed by atoms with Gasteiger partial charge in [-0.15, -0.1) is 0 Å². The number of carbonyl (C=O) groups is 1. The fourth-order valence-electron chi connectivity index (χ4n) is 0.368. The molecule has 0 amide bonds. The van der Waals surface area contributed by atoms with Crippen LogP contribution in [0.25, 0.3) is 0 Å². The number of nitrogens with two attached hydrogens (primary N) is 1. The first-order chi connectivity index (χ1) is 4.18. The summed E-state index contributed by atoms with van der Waals surface area (Å²) in [6.07, 6.45) is 2.48. The Morgan fingerprint density at radius 1 is 1.80 bits per heavy atom. The third-order valence-corrected chi connectivity index (χ3v) is 1.59. The van der Waals surface area contributed by atoms with E-state index in [4.69, 9.17) is 10.8 Å². The average molecular weight is 257 g/mol. The number of thioether (sulfide) groups is 1. The summed E-state index contributed by atoms with van der Waals surface area (Å²) in [6, 6.07) is -0.683. The molecule has 0 fully saturated rings. The van der Waals surface area contributed by atoms with E-state index in [0.717, 1.165) is 5.75 Å². The van der Waals surface area contributed by atoms with Gasteiger partial charge in [-0.3, -0.25) is 4.79 Å². The molecule has 0 bridgehead atoms. The van der Waals surface area contributed by atoms with Gasteiger partial charge in [-0.1, -0.05) is 0 Å². The van der Waals surface area contributed by atoms with Gasteiger partial charge in [0.05, 0.1) is 0 Å². The minimum absolute atomic E-state index is 0. The van der Waals surface area contributed by atoms with E-state index in [-0.39, 0.29) is 22.4 Å². The van der Waals surface area contributed by atoms with Crippen LogP contribution in [-0.4, -0.2) is 29.1 Å². The fraction of sp³-hybridized carbons (Fsp3) is 0.800. The summed E-state index contributed by atoms with van der Waals surface area (Å²) >= 11 is 1.60. The first-order valence-corrected chi connectivity index (χ1v) is 4.05. The molecule has 0 saturated heterocycles. The molecule has 3 N–H and O–H groups in total. The van der Waals surface area contributed by atoms with Gasteiger partial charge < -0.3 is 10.8 Å². The standard InChI is InChI=1S/C5H11NO2S.Ag/c1-9-3-2-4(6)5(7)8;/h4H,2-3,6H2,1H3,(H,7,8);. The molecule has 0 spiro atoms. The molecule has 65 valence electrons. The third kappa shape index (κ3) is 6.64. The summed E-state index contributed by atoms with van der Waals surface area (Å²) in [7, 11) is 0. The topological polar surface area (TPSA) is 63.3 Å². The van der Waals surface area contributed by atoms with Crippen LogP contribution in [0.15, 0.2) is 0 Å². The van der Waals surface area contributed by atoms with E-state index >= 15 is 0 Å². The van der Waals surface area contributed by atoms with Gasteiger partial charge in [0.1, 0.15) is 6.04 Å². The van der Waals surface area contributed by atoms with Gasteiger partial charge in [-0.25, -0.2) is 0 Å². The van der Waals surface area contributed by atoms with Crippen LogP contribution >= 0.6 is 11.8 Å². The average Bonchev–Trinajstić information content (AvgIpc) is 1.82. The van der Waals surface area contributed by atoms with Crippen LogP contribution in [0.3, 0.4) is 0 Å². The molecule has 10 heavy (non-hydrogen) atoms. The molecule has 0 aromatic rings. The largest absolute Gasteiger partial charge is 0.480 e. The van der Waals surface area contributed by atoms with E-state index in [1.165, 1.54) is 0 Å². The van der Waals surface area contributed by atoms with Crippen molar-refractivity contribution in [3.05, 3.63) is 0 Å². The molecule has 0 saturated carbocycles. The summed E-state index contributed by atoms with van der Waals surface area (Å²) in [5.74, 6) is -0.1000. The quantitative estimate of drug-likeness (QED) is 0.704. The van der Waals surface area contributed by atoms with Crippen LogP contribution < -0.4 is 5.73 Å². The van der Waals surface area contributed by atoms with Gasteiger partial charge in [0, 0.05) is 22.4 Å². The fourth-order valence-corrected chi connectivity index (χ4v) is 0.858. The maximum atomic E-state index is 10.1. The molecule has 1 unspecified atom stereocenters. The second-order valence-corrected chi connectivity index (χ2v) is 2.71. The van der Waals surface area contributed by atoms with Crippen molar-refractivity contribution in [3.8, 4) is 0 Å². The molecule has 0 heterocycles. The van der Waals surface area contributed by atoms with Crippen LogP contribution in [0.2, 0.25) is 0 Å². The molecule has 0 aromatic carbocycles. The number of carboxylic acids is 1. The number of rotatable bonds is 4. The molecule has 3 nitrogen and oxygen atoms in total. The van der Waals surface area contributed by atoms with Crippen LogP contribution in [0.5, 0.6) is 0 Å². The summed E-state index contributed by atoms with van der Waals surface area (Å²) < 4.78 is 0. The van der Waals surface area contributed by atoms with Gasteiger partial charge >= 0.3 is 5.97 Å². The Balaban J connectivity index is 0. The van der Waals surface area contributed by atoms with Crippen molar-refractivity contribution in [2.75, 3.05) is 12.0 Å². The number of carboxylic acid groups (broad SMARTS) is 1. The third-order valence-electron chi connectivity index (χ3n) is 0.950. The van der Waals surface area contributed by atoms with Crippen molar-refractivity contribution >= 4 is 17.7 Å². The van der Waals surface area contributed by atoms with Crippen molar-refractivity contribution in [2.45, 2.75) is 12.5 Å². The second kappa shape index (κ2) is 7.63. The second-order valence-electron chi connectivity index (χ2n) is 1.73. The minimum atomic E-state index is -0.913. The van der Waals surface area contributed by atoms with E-state index in [1.807, 2.05) is 6.26 Å². The first kappa shape index (κ1) is 13.1. The van der Waals surface area contributed by atoms with Crippen LogP contribution in [-0.2, 0) is 27.2 Å². The predicted octanol–water partition coefficient (Wildman–Crippen LogP) is 0.149. The van der Waals surface area contributed by atoms with Gasteiger partial charge in [0.2, 0.25) is 0 Å². The Kier molecular flexibility index (Phi) is 10.0. The minimum Gasteiger partial charge on any atom is -0.480 e. The monoisotopic (exact) mass is 256 g/mol. The Morgan fingerprint density at radius 2 is 2.30 bits per heavy atom. The maximum Gasteiger partial charge on any atom is 0.320 e. The summed E-state index contributed by atoms with van der Waals surface area (Å²) in [5, 5.41) is 8.27. The van der Waals surface area contributed by atoms with Crippen molar-refractivity contribution < 1.29 is 32.3 Å². The first-order valence-electron chi connectivity index (χ1n) is 2.65. The Bertz CT molecular complexity index is 102. The van der Waals surface area contributed by atoms with Crippen LogP contribution in [0, 0.1) is 0 Å². The Hall–Kier alpha value is 0.520. The normalized spacial score (nSPS) is 11.8. The maximum absolute atomic E-state index is 10.1. The molecule has 0 aliphatic heterocycles. The van der Waals surface area contributed by atoms with E-state index in [1.54, 1.807) is 11.8 Å². The molecule has 0 aromatic heterocycles. The van der Waals surface area contributed by atoms with E-state index < -0.39 is 12.0 Å². The van der Waals surface area contributed by atoms with Crippen LogP contribution in [0.1, 0.15) is 6.42 Å². The molecule has 5 heteroatoms. The smallest absolute Gasteiger partial charge is 0.320 e. The zero-order valence-corrected chi connectivity index (χ0v) is 7.93. The number of hydrogen-bond donors (Lipinski definition) is 2. The van der Waals surface area contributed by atoms with E-state index in [0.29, 0.717) is 6.42 Å². The zero-order valence-electron chi connectivity index (χ0n) is 5.63. The molecule has 1 radical (unpaired) electrons. The van der Waals surface area contributed by atoms with Gasteiger partial charge in [-0.2, -0.15) is 11.8 Å². The Labute approximate surface area is 80.3 Å². The Morgan fingerprint density at radius 3 is 2.60 bits per heavy atom. The number of hydrogen-bond acceptors (Lipinski definition) is 3. The molecular weight excluding hydrogens is 246 g/mol. The van der Waals surface area contributed by atoms with E-state index in [2.05, 4.69) is 0 Å². The van der Waals surface area contributed by atoms with E-state index in [9.17, 15) is 4.79 Å². The molecular formula is C5H11AgNO2S. The van der Waals surface area contributed by atoms with Gasteiger partial charge in [0.25, 0.3) is 0 Å². The van der Waals surface area contributed by atoms with Crippen molar-refractivity contribution in [2.24, 2.45) is 5.73 Å². The molecule has 0 aliphatic rings. The predicted molar refractivity (Wildman–Crippen MR) is 38.6 cm³/mol.